The molecule has 0 fully saturated rings. The number of anilines is 2. The molecule has 0 spiro atoms. The maximum atomic E-state index is 12.3. The van der Waals surface area contributed by atoms with Gasteiger partial charge in [0.15, 0.2) is 0 Å². The van der Waals surface area contributed by atoms with Gasteiger partial charge >= 0.3 is 0 Å². The van der Waals surface area contributed by atoms with E-state index in [4.69, 9.17) is 0 Å². The van der Waals surface area contributed by atoms with Crippen LogP contribution in [0.3, 0.4) is 0 Å². The highest BCUT2D eigenvalue weighted by atomic mass is 16.3. The molecule has 2 aromatic carbocycles. The van der Waals surface area contributed by atoms with Crippen LogP contribution in [0.15, 0.2) is 36.4 Å². The highest BCUT2D eigenvalue weighted by molar-refractivity contribution is 6.05. The van der Waals surface area contributed by atoms with Crippen LogP contribution in [0.2, 0.25) is 0 Å². The summed E-state index contributed by atoms with van der Waals surface area (Å²) in [5, 5.41) is 12.5. The quantitative estimate of drug-likeness (QED) is 0.850. The van der Waals surface area contributed by atoms with Crippen LogP contribution >= 0.6 is 0 Å². The van der Waals surface area contributed by atoms with Crippen LogP contribution in [0.4, 0.5) is 11.4 Å². The lowest BCUT2D eigenvalue weighted by atomic mass is 10.1. The molecule has 110 valence electrons. The summed E-state index contributed by atoms with van der Waals surface area (Å²) in [7, 11) is 3.87. The van der Waals surface area contributed by atoms with Crippen molar-refractivity contribution in [3.8, 4) is 5.75 Å². The molecule has 2 N–H and O–H groups in total. The van der Waals surface area contributed by atoms with Crippen LogP contribution in [0.1, 0.15) is 21.5 Å². The Morgan fingerprint density at radius 3 is 2.48 bits per heavy atom. The number of benzene rings is 2. The fourth-order valence-electron chi connectivity index (χ4n) is 2.06. The van der Waals surface area contributed by atoms with Gasteiger partial charge in [0.05, 0.1) is 0 Å². The molecule has 4 heteroatoms. The Hall–Kier alpha value is -2.49. The number of hydrogen-bond acceptors (Lipinski definition) is 3. The Morgan fingerprint density at radius 2 is 1.81 bits per heavy atom. The monoisotopic (exact) mass is 284 g/mol. The van der Waals surface area contributed by atoms with Crippen LogP contribution in [-0.2, 0) is 0 Å². The largest absolute Gasteiger partial charge is 0.508 e. The summed E-state index contributed by atoms with van der Waals surface area (Å²) < 4.78 is 0. The highest BCUT2D eigenvalue weighted by Gasteiger charge is 2.10. The van der Waals surface area contributed by atoms with Crippen molar-refractivity contribution in [2.75, 3.05) is 24.3 Å². The smallest absolute Gasteiger partial charge is 0.255 e. The zero-order valence-corrected chi connectivity index (χ0v) is 12.8. The third-order valence-corrected chi connectivity index (χ3v) is 3.42. The Labute approximate surface area is 125 Å². The van der Waals surface area contributed by atoms with Crippen LogP contribution in [0, 0.1) is 13.8 Å². The van der Waals surface area contributed by atoms with Crippen molar-refractivity contribution < 1.29 is 9.90 Å². The van der Waals surface area contributed by atoms with Crippen molar-refractivity contribution in [3.05, 3.63) is 53.1 Å². The van der Waals surface area contributed by atoms with E-state index in [9.17, 15) is 9.90 Å². The van der Waals surface area contributed by atoms with Crippen molar-refractivity contribution in [2.45, 2.75) is 13.8 Å². The van der Waals surface area contributed by atoms with Gasteiger partial charge in [-0.3, -0.25) is 4.79 Å². The number of amides is 1. The number of nitrogens with zero attached hydrogens (tertiary/aromatic N) is 1. The molecule has 2 aromatic rings. The van der Waals surface area contributed by atoms with Crippen molar-refractivity contribution in [1.82, 2.24) is 0 Å². The second-order valence-corrected chi connectivity index (χ2v) is 5.35. The minimum atomic E-state index is -0.160. The van der Waals surface area contributed by atoms with Crippen LogP contribution in [0.5, 0.6) is 5.75 Å². The zero-order valence-electron chi connectivity index (χ0n) is 12.8. The van der Waals surface area contributed by atoms with E-state index in [0.717, 1.165) is 16.8 Å². The summed E-state index contributed by atoms with van der Waals surface area (Å²) in [5.74, 6) is 0.0759. The van der Waals surface area contributed by atoms with E-state index >= 15 is 0 Å². The summed E-state index contributed by atoms with van der Waals surface area (Å²) in [6, 6.07) is 10.9. The molecule has 0 aromatic heterocycles. The Bertz CT molecular complexity index is 678. The van der Waals surface area contributed by atoms with Gasteiger partial charge in [0.25, 0.3) is 5.91 Å². The standard InChI is InChI=1S/C17H20N2O2/c1-11-9-16(20)12(2)8-15(11)18-17(21)13-6-5-7-14(10-13)19(3)4/h5-10,20H,1-4H3,(H,18,21). The maximum absolute atomic E-state index is 12.3. The number of carbonyl (C=O) groups is 1. The van der Waals surface area contributed by atoms with Gasteiger partial charge in [-0.1, -0.05) is 6.07 Å². The molecule has 0 saturated heterocycles. The molecule has 0 atom stereocenters. The molecular weight excluding hydrogens is 264 g/mol. The molecule has 2 rings (SSSR count). The molecule has 0 saturated carbocycles. The van der Waals surface area contributed by atoms with Gasteiger partial charge in [-0.05, 0) is 55.3 Å². The molecule has 0 aliphatic rings. The third-order valence-electron chi connectivity index (χ3n) is 3.42. The third kappa shape index (κ3) is 3.34. The second kappa shape index (κ2) is 5.87. The lowest BCUT2D eigenvalue weighted by molar-refractivity contribution is 0.102. The number of aromatic hydroxyl groups is 1. The Morgan fingerprint density at radius 1 is 1.10 bits per heavy atom. The lowest BCUT2D eigenvalue weighted by Crippen LogP contribution is -2.14. The van der Waals surface area contributed by atoms with E-state index in [-0.39, 0.29) is 11.7 Å². The topological polar surface area (TPSA) is 52.6 Å². The van der Waals surface area contributed by atoms with Gasteiger partial charge in [0.2, 0.25) is 0 Å². The number of phenols is 1. The number of rotatable bonds is 3. The first-order chi connectivity index (χ1) is 9.88. The Balaban J connectivity index is 2.26. The van der Waals surface area contributed by atoms with Gasteiger partial charge in [-0.15, -0.1) is 0 Å². The minimum Gasteiger partial charge on any atom is -0.508 e. The molecular formula is C17H20N2O2. The lowest BCUT2D eigenvalue weighted by Gasteiger charge is -2.14. The number of nitrogens with one attached hydrogen (secondary N) is 1. The van der Waals surface area contributed by atoms with Gasteiger partial charge in [-0.25, -0.2) is 0 Å². The van der Waals surface area contributed by atoms with Crippen LogP contribution < -0.4 is 10.2 Å². The van der Waals surface area contributed by atoms with Crippen molar-refractivity contribution >= 4 is 17.3 Å². The molecule has 0 radical (unpaired) electrons. The van der Waals surface area contributed by atoms with E-state index in [1.807, 2.05) is 44.1 Å². The fraction of sp³-hybridized carbons (Fsp3) is 0.235. The maximum Gasteiger partial charge on any atom is 0.255 e. The summed E-state index contributed by atoms with van der Waals surface area (Å²) in [6.45, 7) is 3.65. The van der Waals surface area contributed by atoms with Gasteiger partial charge in [-0.2, -0.15) is 0 Å². The SMILES string of the molecule is Cc1cc(NC(=O)c2cccc(N(C)C)c2)c(C)cc1O. The molecule has 0 aliphatic carbocycles. The van der Waals surface area contributed by atoms with Gasteiger partial charge in [0.1, 0.15) is 5.75 Å². The molecule has 0 aliphatic heterocycles. The van der Waals surface area contributed by atoms with E-state index < -0.39 is 0 Å². The number of carbonyl (C=O) groups excluding carboxylic acids is 1. The summed E-state index contributed by atoms with van der Waals surface area (Å²) in [6.07, 6.45) is 0. The highest BCUT2D eigenvalue weighted by Crippen LogP contribution is 2.25. The van der Waals surface area contributed by atoms with Gasteiger partial charge < -0.3 is 15.3 Å². The fourth-order valence-corrected chi connectivity index (χ4v) is 2.06. The van der Waals surface area contributed by atoms with E-state index in [1.165, 1.54) is 0 Å². The van der Waals surface area contributed by atoms with Gasteiger partial charge in [0, 0.05) is 31.0 Å². The molecule has 0 heterocycles. The number of phenolic OH excluding ortho intramolecular Hbond substituents is 1. The number of hydrogen-bond donors (Lipinski definition) is 2. The first-order valence-corrected chi connectivity index (χ1v) is 6.77. The predicted molar refractivity (Wildman–Crippen MR) is 86.3 cm³/mol. The normalized spacial score (nSPS) is 10.3. The average Bonchev–Trinajstić information content (AvgIpc) is 2.44. The number of aryl methyl sites for hydroxylation is 2. The zero-order chi connectivity index (χ0) is 15.6. The van der Waals surface area contributed by atoms with Crippen molar-refractivity contribution in [2.24, 2.45) is 0 Å². The molecule has 1 amide bonds. The van der Waals surface area contributed by atoms with Crippen molar-refractivity contribution in [3.63, 3.8) is 0 Å². The summed E-state index contributed by atoms with van der Waals surface area (Å²) in [4.78, 5) is 14.3. The minimum absolute atomic E-state index is 0.160. The summed E-state index contributed by atoms with van der Waals surface area (Å²) in [5.41, 5.74) is 3.85. The van der Waals surface area contributed by atoms with E-state index in [2.05, 4.69) is 5.32 Å². The average molecular weight is 284 g/mol. The van der Waals surface area contributed by atoms with Crippen LogP contribution in [-0.4, -0.2) is 25.1 Å². The van der Waals surface area contributed by atoms with E-state index in [0.29, 0.717) is 11.3 Å². The first kappa shape index (κ1) is 14.9. The Kier molecular flexibility index (Phi) is 4.17. The molecule has 0 bridgehead atoms. The summed E-state index contributed by atoms with van der Waals surface area (Å²) >= 11 is 0. The molecule has 0 unspecified atom stereocenters. The molecule has 4 nitrogen and oxygen atoms in total. The van der Waals surface area contributed by atoms with Crippen LogP contribution in [0.25, 0.3) is 0 Å². The second-order valence-electron chi connectivity index (χ2n) is 5.35. The molecule has 21 heavy (non-hydrogen) atoms. The van der Waals surface area contributed by atoms with E-state index in [1.54, 1.807) is 25.1 Å². The first-order valence-electron chi connectivity index (χ1n) is 6.77. The van der Waals surface area contributed by atoms with Crippen molar-refractivity contribution in [1.29, 1.82) is 0 Å². The predicted octanol–water partition coefficient (Wildman–Crippen LogP) is 3.33.